The molecule has 2 rings (SSSR count). The summed E-state index contributed by atoms with van der Waals surface area (Å²) in [7, 11) is 3.37. The third-order valence-electron chi connectivity index (χ3n) is 2.87. The zero-order valence-electron chi connectivity index (χ0n) is 11.4. The van der Waals surface area contributed by atoms with Crippen molar-refractivity contribution in [2.75, 3.05) is 13.7 Å². The minimum atomic E-state index is -0.314. The molecule has 2 aromatic rings. The second kappa shape index (κ2) is 6.08. The van der Waals surface area contributed by atoms with Crippen molar-refractivity contribution in [2.24, 2.45) is 12.8 Å². The largest absolute Gasteiger partial charge is 0.493 e. The molecule has 0 saturated carbocycles. The monoisotopic (exact) mass is 272 g/mol. The molecule has 6 heteroatoms. The van der Waals surface area contributed by atoms with Crippen molar-refractivity contribution in [1.29, 1.82) is 5.26 Å². The molecule has 0 fully saturated rings. The Kier molecular flexibility index (Phi) is 4.23. The van der Waals surface area contributed by atoms with Crippen molar-refractivity contribution in [3.8, 4) is 17.6 Å². The maximum absolute atomic E-state index is 8.88. The molecule has 0 aliphatic carbocycles. The number of aryl methyl sites for hydroxylation is 1. The molecular weight excluding hydrogens is 256 g/mol. The van der Waals surface area contributed by atoms with E-state index in [1.807, 2.05) is 13.2 Å². The molecule has 0 aliphatic heterocycles. The number of ether oxygens (including phenoxy) is 2. The van der Waals surface area contributed by atoms with E-state index < -0.39 is 0 Å². The van der Waals surface area contributed by atoms with Gasteiger partial charge in [0.1, 0.15) is 6.10 Å². The number of nitriles is 1. The van der Waals surface area contributed by atoms with Crippen LogP contribution in [0.15, 0.2) is 30.6 Å². The lowest BCUT2D eigenvalue weighted by Crippen LogP contribution is -2.18. The highest BCUT2D eigenvalue weighted by Gasteiger charge is 2.16. The zero-order chi connectivity index (χ0) is 14.5. The van der Waals surface area contributed by atoms with Crippen LogP contribution in [0.3, 0.4) is 0 Å². The predicted octanol–water partition coefficient (Wildman–Crippen LogP) is 1.38. The van der Waals surface area contributed by atoms with E-state index >= 15 is 0 Å². The van der Waals surface area contributed by atoms with Crippen molar-refractivity contribution >= 4 is 0 Å². The molecule has 104 valence electrons. The first kappa shape index (κ1) is 13.9. The Bertz CT molecular complexity index is 630. The fourth-order valence-electron chi connectivity index (χ4n) is 1.85. The van der Waals surface area contributed by atoms with Gasteiger partial charge in [0, 0.05) is 31.4 Å². The van der Waals surface area contributed by atoms with Gasteiger partial charge in [0.2, 0.25) is 0 Å². The van der Waals surface area contributed by atoms with Crippen molar-refractivity contribution in [3.63, 3.8) is 0 Å². The second-order valence-electron chi connectivity index (χ2n) is 4.27. The number of hydrogen-bond donors (Lipinski definition) is 1. The third kappa shape index (κ3) is 2.90. The molecule has 20 heavy (non-hydrogen) atoms. The summed E-state index contributed by atoms with van der Waals surface area (Å²) in [6.45, 7) is 0.314. The van der Waals surface area contributed by atoms with Crippen molar-refractivity contribution < 1.29 is 9.47 Å². The van der Waals surface area contributed by atoms with E-state index in [-0.39, 0.29) is 6.10 Å². The van der Waals surface area contributed by atoms with Crippen LogP contribution in [0.25, 0.3) is 0 Å². The van der Waals surface area contributed by atoms with Gasteiger partial charge in [-0.1, -0.05) is 0 Å². The molecule has 0 bridgehead atoms. The highest BCUT2D eigenvalue weighted by molar-refractivity contribution is 5.47. The van der Waals surface area contributed by atoms with Gasteiger partial charge in [0.05, 0.1) is 24.9 Å². The van der Waals surface area contributed by atoms with Crippen molar-refractivity contribution in [1.82, 2.24) is 9.78 Å². The fourth-order valence-corrected chi connectivity index (χ4v) is 1.85. The number of benzene rings is 1. The molecule has 0 amide bonds. The van der Waals surface area contributed by atoms with Gasteiger partial charge < -0.3 is 15.2 Å². The Balaban J connectivity index is 2.26. The summed E-state index contributed by atoms with van der Waals surface area (Å²) < 4.78 is 12.8. The molecule has 1 unspecified atom stereocenters. The smallest absolute Gasteiger partial charge is 0.162 e. The quantitative estimate of drug-likeness (QED) is 0.888. The van der Waals surface area contributed by atoms with Crippen molar-refractivity contribution in [2.45, 2.75) is 6.10 Å². The summed E-state index contributed by atoms with van der Waals surface area (Å²) in [6, 6.07) is 7.07. The first-order chi connectivity index (χ1) is 9.67. The van der Waals surface area contributed by atoms with Crippen LogP contribution >= 0.6 is 0 Å². The normalized spacial score (nSPS) is 11.7. The molecule has 2 N–H and O–H groups in total. The number of hydrogen-bond acceptors (Lipinski definition) is 5. The molecule has 1 heterocycles. The van der Waals surface area contributed by atoms with Crippen molar-refractivity contribution in [3.05, 3.63) is 41.7 Å². The number of rotatable bonds is 5. The van der Waals surface area contributed by atoms with Gasteiger partial charge >= 0.3 is 0 Å². The Hall–Kier alpha value is -2.52. The first-order valence-corrected chi connectivity index (χ1v) is 6.11. The molecule has 1 aromatic carbocycles. The highest BCUT2D eigenvalue weighted by Crippen LogP contribution is 2.31. The maximum atomic E-state index is 8.88. The number of nitrogens with zero attached hydrogens (tertiary/aromatic N) is 3. The molecule has 1 aromatic heterocycles. The summed E-state index contributed by atoms with van der Waals surface area (Å²) in [5.74, 6) is 1.05. The van der Waals surface area contributed by atoms with Gasteiger partial charge in [-0.2, -0.15) is 10.4 Å². The Labute approximate surface area is 117 Å². The van der Waals surface area contributed by atoms with Crippen LogP contribution in [0, 0.1) is 11.3 Å². The van der Waals surface area contributed by atoms with Crippen LogP contribution in [0.5, 0.6) is 11.5 Å². The van der Waals surface area contributed by atoms with Crippen LogP contribution in [0.1, 0.15) is 17.2 Å². The number of aromatic nitrogens is 2. The summed E-state index contributed by atoms with van der Waals surface area (Å²) in [6.07, 6.45) is 3.26. The molecule has 6 nitrogen and oxygen atoms in total. The van der Waals surface area contributed by atoms with Crippen LogP contribution < -0.4 is 15.2 Å². The maximum Gasteiger partial charge on any atom is 0.162 e. The van der Waals surface area contributed by atoms with Crippen LogP contribution in [-0.4, -0.2) is 23.4 Å². The minimum absolute atomic E-state index is 0.314. The molecule has 1 atom stereocenters. The Morgan fingerprint density at radius 3 is 2.80 bits per heavy atom. The van der Waals surface area contributed by atoms with Crippen LogP contribution in [-0.2, 0) is 7.05 Å². The SMILES string of the molecule is COc1cc(C#N)ccc1OC(CN)c1cnn(C)c1. The summed E-state index contributed by atoms with van der Waals surface area (Å²) in [5, 5.41) is 13.0. The Morgan fingerprint density at radius 2 is 2.25 bits per heavy atom. The van der Waals surface area contributed by atoms with Crippen LogP contribution in [0.4, 0.5) is 0 Å². The van der Waals surface area contributed by atoms with Crippen LogP contribution in [0.2, 0.25) is 0 Å². The van der Waals surface area contributed by atoms with E-state index in [2.05, 4.69) is 11.2 Å². The molecular formula is C14H16N4O2. The summed E-state index contributed by atoms with van der Waals surface area (Å²) in [4.78, 5) is 0. The summed E-state index contributed by atoms with van der Waals surface area (Å²) >= 11 is 0. The van der Waals surface area contributed by atoms with Gasteiger partial charge in [-0.3, -0.25) is 4.68 Å². The van der Waals surface area contributed by atoms with Gasteiger partial charge in [0.15, 0.2) is 11.5 Å². The Morgan fingerprint density at radius 1 is 1.45 bits per heavy atom. The van der Waals surface area contributed by atoms with E-state index in [0.29, 0.717) is 23.6 Å². The van der Waals surface area contributed by atoms with E-state index in [9.17, 15) is 0 Å². The zero-order valence-corrected chi connectivity index (χ0v) is 11.4. The minimum Gasteiger partial charge on any atom is -0.493 e. The van der Waals surface area contributed by atoms with Gasteiger partial charge in [0.25, 0.3) is 0 Å². The van der Waals surface area contributed by atoms with Gasteiger partial charge in [-0.05, 0) is 12.1 Å². The fraction of sp³-hybridized carbons (Fsp3) is 0.286. The van der Waals surface area contributed by atoms with E-state index in [1.165, 1.54) is 7.11 Å². The summed E-state index contributed by atoms with van der Waals surface area (Å²) in [5.41, 5.74) is 7.16. The van der Waals surface area contributed by atoms with Gasteiger partial charge in [-0.25, -0.2) is 0 Å². The third-order valence-corrected chi connectivity index (χ3v) is 2.87. The molecule has 0 saturated heterocycles. The molecule has 0 radical (unpaired) electrons. The molecule has 0 aliphatic rings. The lowest BCUT2D eigenvalue weighted by Gasteiger charge is -2.18. The number of methoxy groups -OCH3 is 1. The lowest BCUT2D eigenvalue weighted by atomic mass is 10.2. The topological polar surface area (TPSA) is 86.1 Å². The average molecular weight is 272 g/mol. The predicted molar refractivity (Wildman–Crippen MR) is 73.3 cm³/mol. The van der Waals surface area contributed by atoms with Gasteiger partial charge in [-0.15, -0.1) is 0 Å². The first-order valence-electron chi connectivity index (χ1n) is 6.11. The van der Waals surface area contributed by atoms with E-state index in [4.69, 9.17) is 20.5 Å². The lowest BCUT2D eigenvalue weighted by molar-refractivity contribution is 0.204. The van der Waals surface area contributed by atoms with E-state index in [1.54, 1.807) is 29.1 Å². The molecule has 0 spiro atoms. The standard InChI is InChI=1S/C14H16N4O2/c1-18-9-11(8-17-18)14(7-16)20-12-4-3-10(6-15)5-13(12)19-2/h3-5,8-9,14H,7,16H2,1-2H3. The average Bonchev–Trinajstić information content (AvgIpc) is 2.91. The number of nitrogens with two attached hydrogens (primary N) is 1. The van der Waals surface area contributed by atoms with E-state index in [0.717, 1.165) is 5.56 Å². The second-order valence-corrected chi connectivity index (χ2v) is 4.27. The highest BCUT2D eigenvalue weighted by atomic mass is 16.5.